The summed E-state index contributed by atoms with van der Waals surface area (Å²) in [6.45, 7) is 3.98. The highest BCUT2D eigenvalue weighted by atomic mass is 79.9. The van der Waals surface area contributed by atoms with E-state index in [-0.39, 0.29) is 12.5 Å². The first-order valence-electron chi connectivity index (χ1n) is 6.25. The molecule has 0 saturated carbocycles. The molecule has 0 aliphatic rings. The summed E-state index contributed by atoms with van der Waals surface area (Å²) in [6.07, 6.45) is 1.77. The Hall–Kier alpha value is -0.920. The highest BCUT2D eigenvalue weighted by molar-refractivity contribution is 9.10. The van der Waals surface area contributed by atoms with Crippen LogP contribution in [-0.4, -0.2) is 38.0 Å². The Bertz CT molecular complexity index is 587. The molecular formula is C13H19BrN2O3S. The monoisotopic (exact) mass is 362 g/mol. The quantitative estimate of drug-likeness (QED) is 0.844. The van der Waals surface area contributed by atoms with Crippen LogP contribution in [0.1, 0.15) is 18.9 Å². The van der Waals surface area contributed by atoms with E-state index in [1.807, 2.05) is 19.9 Å². The molecule has 0 aliphatic heterocycles. The van der Waals surface area contributed by atoms with Crippen molar-refractivity contribution >= 4 is 37.5 Å². The Morgan fingerprint density at radius 3 is 2.55 bits per heavy atom. The van der Waals surface area contributed by atoms with Crippen LogP contribution >= 0.6 is 15.9 Å². The van der Waals surface area contributed by atoms with E-state index in [9.17, 15) is 13.2 Å². The summed E-state index contributed by atoms with van der Waals surface area (Å²) in [5, 5.41) is 2.70. The van der Waals surface area contributed by atoms with Crippen molar-refractivity contribution < 1.29 is 13.2 Å². The third kappa shape index (κ3) is 5.22. The topological polar surface area (TPSA) is 66.5 Å². The summed E-state index contributed by atoms with van der Waals surface area (Å²) in [6, 6.07) is 5.44. The number of sulfonamides is 1. The molecule has 0 aromatic heterocycles. The summed E-state index contributed by atoms with van der Waals surface area (Å²) in [5.74, 6) is -0.348. The third-order valence-corrected chi connectivity index (χ3v) is 4.82. The van der Waals surface area contributed by atoms with E-state index in [0.29, 0.717) is 18.7 Å². The van der Waals surface area contributed by atoms with Crippen molar-refractivity contribution in [2.75, 3.05) is 24.7 Å². The second-order valence-corrected chi connectivity index (χ2v) is 7.45. The van der Waals surface area contributed by atoms with Crippen molar-refractivity contribution in [2.24, 2.45) is 0 Å². The number of amides is 1. The van der Waals surface area contributed by atoms with Gasteiger partial charge in [0, 0.05) is 16.7 Å². The van der Waals surface area contributed by atoms with E-state index in [2.05, 4.69) is 21.2 Å². The van der Waals surface area contributed by atoms with E-state index < -0.39 is 10.0 Å². The number of nitrogens with zero attached hydrogens (tertiary/aromatic N) is 1. The zero-order chi connectivity index (χ0) is 15.3. The van der Waals surface area contributed by atoms with Crippen LogP contribution in [0.15, 0.2) is 22.7 Å². The maximum atomic E-state index is 11.9. The molecule has 1 amide bonds. The highest BCUT2D eigenvalue weighted by Crippen LogP contribution is 2.20. The van der Waals surface area contributed by atoms with E-state index in [4.69, 9.17) is 0 Å². The molecule has 0 heterocycles. The smallest absolute Gasteiger partial charge is 0.239 e. The first kappa shape index (κ1) is 17.1. The minimum absolute atomic E-state index is 0.168. The Morgan fingerprint density at radius 1 is 1.40 bits per heavy atom. The average Bonchev–Trinajstić information content (AvgIpc) is 2.32. The fourth-order valence-electron chi connectivity index (χ4n) is 1.64. The first-order chi connectivity index (χ1) is 9.24. The number of benzene rings is 1. The zero-order valence-electron chi connectivity index (χ0n) is 11.8. The Morgan fingerprint density at radius 2 is 2.05 bits per heavy atom. The Kier molecular flexibility index (Phi) is 6.16. The molecule has 7 heteroatoms. The molecule has 0 saturated heterocycles. The van der Waals surface area contributed by atoms with E-state index in [1.165, 1.54) is 4.31 Å². The normalized spacial score (nSPS) is 11.7. The fourth-order valence-corrected chi connectivity index (χ4v) is 2.89. The van der Waals surface area contributed by atoms with Gasteiger partial charge in [-0.3, -0.25) is 4.79 Å². The lowest BCUT2D eigenvalue weighted by Crippen LogP contribution is -2.37. The molecule has 0 atom stereocenters. The molecule has 1 N–H and O–H groups in total. The summed E-state index contributed by atoms with van der Waals surface area (Å²) in [4.78, 5) is 11.9. The lowest BCUT2D eigenvalue weighted by Gasteiger charge is -2.18. The number of nitrogens with one attached hydrogen (secondary N) is 1. The SMILES string of the molecule is CCCN(CC(=O)Nc1ccc(C)c(Br)c1)S(C)(=O)=O. The molecule has 0 bridgehead atoms. The van der Waals surface area contributed by atoms with Gasteiger partial charge in [-0.2, -0.15) is 4.31 Å². The molecule has 0 spiro atoms. The van der Waals surface area contributed by atoms with Crippen molar-refractivity contribution in [3.05, 3.63) is 28.2 Å². The standard InChI is InChI=1S/C13H19BrN2O3S/c1-4-7-16(20(3,18)19)9-13(17)15-11-6-5-10(2)12(14)8-11/h5-6,8H,4,7,9H2,1-3H3,(H,15,17). The minimum Gasteiger partial charge on any atom is -0.325 e. The fraction of sp³-hybridized carbons (Fsp3) is 0.462. The van der Waals surface area contributed by atoms with Crippen LogP contribution in [0.25, 0.3) is 0 Å². The van der Waals surface area contributed by atoms with Crippen LogP contribution in [0.2, 0.25) is 0 Å². The maximum absolute atomic E-state index is 11.9. The molecule has 0 unspecified atom stereocenters. The molecule has 0 radical (unpaired) electrons. The van der Waals surface area contributed by atoms with E-state index >= 15 is 0 Å². The van der Waals surface area contributed by atoms with Crippen molar-refractivity contribution in [3.8, 4) is 0 Å². The molecule has 0 aliphatic carbocycles. The van der Waals surface area contributed by atoms with Crippen LogP contribution in [0.4, 0.5) is 5.69 Å². The Balaban J connectivity index is 2.73. The predicted octanol–water partition coefficient (Wildman–Crippen LogP) is 2.37. The van der Waals surface area contributed by atoms with Gasteiger partial charge >= 0.3 is 0 Å². The van der Waals surface area contributed by atoms with Gasteiger partial charge in [-0.25, -0.2) is 8.42 Å². The van der Waals surface area contributed by atoms with Crippen LogP contribution in [-0.2, 0) is 14.8 Å². The average molecular weight is 363 g/mol. The highest BCUT2D eigenvalue weighted by Gasteiger charge is 2.19. The molecule has 1 aromatic rings. The predicted molar refractivity (Wildman–Crippen MR) is 84.2 cm³/mol. The lowest BCUT2D eigenvalue weighted by molar-refractivity contribution is -0.116. The summed E-state index contributed by atoms with van der Waals surface area (Å²) < 4.78 is 25.2. The number of rotatable bonds is 6. The van der Waals surface area contributed by atoms with Crippen molar-refractivity contribution in [3.63, 3.8) is 0 Å². The van der Waals surface area contributed by atoms with Gasteiger partial charge < -0.3 is 5.32 Å². The summed E-state index contributed by atoms with van der Waals surface area (Å²) in [7, 11) is -3.37. The second kappa shape index (κ2) is 7.19. The number of hydrogen-bond donors (Lipinski definition) is 1. The van der Waals surface area contributed by atoms with Crippen LogP contribution in [0.3, 0.4) is 0 Å². The molecule has 0 fully saturated rings. The van der Waals surface area contributed by atoms with Crippen LogP contribution in [0.5, 0.6) is 0 Å². The van der Waals surface area contributed by atoms with Gasteiger partial charge in [0.2, 0.25) is 15.9 Å². The molecular weight excluding hydrogens is 344 g/mol. The largest absolute Gasteiger partial charge is 0.325 e. The van der Waals surface area contributed by atoms with Gasteiger partial charge in [-0.15, -0.1) is 0 Å². The van der Waals surface area contributed by atoms with Gasteiger partial charge in [-0.05, 0) is 31.0 Å². The maximum Gasteiger partial charge on any atom is 0.239 e. The number of carbonyl (C=O) groups is 1. The number of carbonyl (C=O) groups excluding carboxylic acids is 1. The van der Waals surface area contributed by atoms with Gasteiger partial charge in [0.15, 0.2) is 0 Å². The number of anilines is 1. The Labute approximate surface area is 128 Å². The number of halogens is 1. The molecule has 5 nitrogen and oxygen atoms in total. The molecule has 20 heavy (non-hydrogen) atoms. The number of hydrogen-bond acceptors (Lipinski definition) is 3. The first-order valence-corrected chi connectivity index (χ1v) is 8.89. The molecule has 1 aromatic carbocycles. The van der Waals surface area contributed by atoms with Crippen LogP contribution < -0.4 is 5.32 Å². The van der Waals surface area contributed by atoms with Crippen molar-refractivity contribution in [1.82, 2.24) is 4.31 Å². The second-order valence-electron chi connectivity index (χ2n) is 4.61. The zero-order valence-corrected chi connectivity index (χ0v) is 14.2. The summed E-state index contributed by atoms with van der Waals surface area (Å²) >= 11 is 3.39. The van der Waals surface area contributed by atoms with Gasteiger partial charge in [0.1, 0.15) is 0 Å². The van der Waals surface area contributed by atoms with E-state index in [0.717, 1.165) is 16.3 Å². The minimum atomic E-state index is -3.37. The summed E-state index contributed by atoms with van der Waals surface area (Å²) in [5.41, 5.74) is 1.70. The van der Waals surface area contributed by atoms with Crippen molar-refractivity contribution in [2.45, 2.75) is 20.3 Å². The van der Waals surface area contributed by atoms with Gasteiger partial charge in [0.05, 0.1) is 12.8 Å². The van der Waals surface area contributed by atoms with E-state index in [1.54, 1.807) is 12.1 Å². The number of aryl methyl sites for hydroxylation is 1. The van der Waals surface area contributed by atoms with Crippen LogP contribution in [0, 0.1) is 6.92 Å². The molecule has 1 rings (SSSR count). The van der Waals surface area contributed by atoms with Gasteiger partial charge in [0.25, 0.3) is 0 Å². The van der Waals surface area contributed by atoms with Gasteiger partial charge in [-0.1, -0.05) is 28.9 Å². The lowest BCUT2D eigenvalue weighted by atomic mass is 10.2. The molecule has 112 valence electrons. The third-order valence-electron chi connectivity index (χ3n) is 2.72. The van der Waals surface area contributed by atoms with Crippen molar-refractivity contribution in [1.29, 1.82) is 0 Å².